The molecule has 0 fully saturated rings. The first kappa shape index (κ1) is 21.9. The van der Waals surface area contributed by atoms with Gasteiger partial charge in [0.2, 0.25) is 0 Å². The molecule has 6 heteroatoms. The van der Waals surface area contributed by atoms with E-state index in [-0.39, 0.29) is 6.61 Å². The summed E-state index contributed by atoms with van der Waals surface area (Å²) in [7, 11) is 1.50. The molecule has 2 aromatic rings. The number of benzene rings is 2. The first-order valence-electron chi connectivity index (χ1n) is 9.46. The Labute approximate surface area is 171 Å². The number of carbonyl (C=O) groups excluding carboxylic acids is 1. The van der Waals surface area contributed by atoms with Gasteiger partial charge >= 0.3 is 0 Å². The maximum atomic E-state index is 11.4. The van der Waals surface area contributed by atoms with Gasteiger partial charge in [-0.15, -0.1) is 0 Å². The van der Waals surface area contributed by atoms with Crippen LogP contribution in [0.3, 0.4) is 0 Å². The number of methoxy groups -OCH3 is 1. The molecule has 0 aliphatic rings. The minimum absolute atomic E-state index is 0.200. The van der Waals surface area contributed by atoms with E-state index in [1.165, 1.54) is 13.4 Å². The van der Waals surface area contributed by atoms with Crippen molar-refractivity contribution in [2.45, 2.75) is 26.9 Å². The number of hydrogen-bond acceptors (Lipinski definition) is 6. The fourth-order valence-corrected chi connectivity index (χ4v) is 2.66. The predicted molar refractivity (Wildman–Crippen MR) is 115 cm³/mol. The summed E-state index contributed by atoms with van der Waals surface area (Å²) >= 11 is 0. The van der Waals surface area contributed by atoms with E-state index in [0.717, 1.165) is 23.0 Å². The van der Waals surface area contributed by atoms with Crippen LogP contribution >= 0.6 is 0 Å². The molecule has 29 heavy (non-hydrogen) atoms. The summed E-state index contributed by atoms with van der Waals surface area (Å²) in [6.07, 6.45) is 2.78. The number of hydrogen-bond donors (Lipinski definition) is 0. The molecular weight excluding hydrogens is 368 g/mol. The van der Waals surface area contributed by atoms with Crippen LogP contribution in [0, 0.1) is 0 Å². The van der Waals surface area contributed by atoms with Gasteiger partial charge in [0.25, 0.3) is 0 Å². The smallest absolute Gasteiger partial charge is 0.153 e. The van der Waals surface area contributed by atoms with Crippen molar-refractivity contribution in [1.82, 2.24) is 0 Å². The van der Waals surface area contributed by atoms with E-state index in [9.17, 15) is 4.79 Å². The van der Waals surface area contributed by atoms with Gasteiger partial charge in [-0.2, -0.15) is 0 Å². The minimum atomic E-state index is 0.200. The SMILES string of the molecule is CCO/N=C(/C(CC)=N/OCc1ccccc1/C(C=O)=C/OC)c1ccccc1. The van der Waals surface area contributed by atoms with Crippen LogP contribution in [-0.2, 0) is 25.8 Å². The van der Waals surface area contributed by atoms with E-state index in [1.807, 2.05) is 68.4 Å². The monoisotopic (exact) mass is 394 g/mol. The lowest BCUT2D eigenvalue weighted by Crippen LogP contribution is -2.16. The van der Waals surface area contributed by atoms with Gasteiger partial charge in [0.05, 0.1) is 18.9 Å². The molecule has 0 radical (unpaired) electrons. The van der Waals surface area contributed by atoms with Gasteiger partial charge in [0, 0.05) is 11.1 Å². The lowest BCUT2D eigenvalue weighted by molar-refractivity contribution is -0.103. The standard InChI is InChI=1S/C23H26N2O4/c1-4-22(23(25-28-5-2)18-11-7-6-8-12-18)24-29-17-19-13-9-10-14-21(19)20(15-26)16-27-3/h6-16H,4-5,17H2,1-3H3/b20-16+,24-22+,25-23+. The van der Waals surface area contributed by atoms with Crippen molar-refractivity contribution < 1.29 is 19.2 Å². The van der Waals surface area contributed by atoms with Gasteiger partial charge in [0.1, 0.15) is 24.6 Å². The summed E-state index contributed by atoms with van der Waals surface area (Å²) in [6, 6.07) is 17.2. The number of ether oxygens (including phenoxy) is 1. The molecule has 0 amide bonds. The quantitative estimate of drug-likeness (QED) is 0.184. The topological polar surface area (TPSA) is 69.5 Å². The summed E-state index contributed by atoms with van der Waals surface area (Å²) in [5.74, 6) is 0. The molecule has 0 saturated carbocycles. The fraction of sp³-hybridized carbons (Fsp3) is 0.261. The third kappa shape index (κ3) is 6.31. The van der Waals surface area contributed by atoms with E-state index < -0.39 is 0 Å². The van der Waals surface area contributed by atoms with Gasteiger partial charge in [-0.05, 0) is 18.9 Å². The average molecular weight is 394 g/mol. The van der Waals surface area contributed by atoms with Crippen molar-refractivity contribution >= 4 is 23.3 Å². The Kier molecular flexibility index (Phi) is 9.15. The molecule has 0 bridgehead atoms. The number of carbonyl (C=O) groups is 1. The molecule has 2 rings (SSSR count). The van der Waals surface area contributed by atoms with Crippen LogP contribution in [0.25, 0.3) is 5.57 Å². The van der Waals surface area contributed by atoms with Gasteiger partial charge in [0.15, 0.2) is 6.29 Å². The molecule has 6 nitrogen and oxygen atoms in total. The van der Waals surface area contributed by atoms with Crippen LogP contribution < -0.4 is 0 Å². The first-order chi connectivity index (χ1) is 14.2. The third-order valence-corrected chi connectivity index (χ3v) is 4.04. The molecule has 0 heterocycles. The lowest BCUT2D eigenvalue weighted by atomic mass is 10.0. The molecule has 0 aliphatic carbocycles. The van der Waals surface area contributed by atoms with Gasteiger partial charge in [-0.25, -0.2) is 0 Å². The van der Waals surface area contributed by atoms with Crippen LogP contribution in [-0.4, -0.2) is 31.4 Å². The Morgan fingerprint density at radius 3 is 2.34 bits per heavy atom. The Bertz CT molecular complexity index is 873. The summed E-state index contributed by atoms with van der Waals surface area (Å²) in [4.78, 5) is 22.3. The van der Waals surface area contributed by atoms with Gasteiger partial charge in [-0.1, -0.05) is 71.8 Å². The molecule has 152 valence electrons. The number of rotatable bonds is 11. The van der Waals surface area contributed by atoms with E-state index in [1.54, 1.807) is 0 Å². The molecule has 2 aromatic carbocycles. The Morgan fingerprint density at radius 1 is 0.966 bits per heavy atom. The highest BCUT2D eigenvalue weighted by molar-refractivity contribution is 6.48. The Balaban J connectivity index is 2.25. The second-order valence-corrected chi connectivity index (χ2v) is 5.97. The minimum Gasteiger partial charge on any atom is -0.504 e. The van der Waals surface area contributed by atoms with Crippen LogP contribution in [0.4, 0.5) is 0 Å². The van der Waals surface area contributed by atoms with Crippen molar-refractivity contribution in [3.05, 3.63) is 77.5 Å². The van der Waals surface area contributed by atoms with Crippen molar-refractivity contribution in [3.63, 3.8) is 0 Å². The van der Waals surface area contributed by atoms with Gasteiger partial charge < -0.3 is 14.4 Å². The zero-order chi connectivity index (χ0) is 20.9. The van der Waals surface area contributed by atoms with Crippen LogP contribution in [0.2, 0.25) is 0 Å². The Morgan fingerprint density at radius 2 is 1.69 bits per heavy atom. The maximum absolute atomic E-state index is 11.4. The average Bonchev–Trinajstić information content (AvgIpc) is 2.77. The molecule has 0 N–H and O–H groups in total. The second-order valence-electron chi connectivity index (χ2n) is 5.97. The summed E-state index contributed by atoms with van der Waals surface area (Å²) in [5.41, 5.74) is 4.21. The van der Waals surface area contributed by atoms with E-state index in [0.29, 0.717) is 30.0 Å². The van der Waals surface area contributed by atoms with E-state index >= 15 is 0 Å². The number of nitrogens with zero attached hydrogens (tertiary/aromatic N) is 2. The molecule has 0 aromatic heterocycles. The lowest BCUT2D eigenvalue weighted by Gasteiger charge is -2.10. The summed E-state index contributed by atoms with van der Waals surface area (Å²) in [6.45, 7) is 4.51. The van der Waals surface area contributed by atoms with Gasteiger partial charge in [-0.3, -0.25) is 4.79 Å². The molecule has 0 atom stereocenters. The third-order valence-electron chi connectivity index (χ3n) is 4.04. The van der Waals surface area contributed by atoms with Crippen LogP contribution in [0.5, 0.6) is 0 Å². The number of allylic oxidation sites excluding steroid dienone is 1. The largest absolute Gasteiger partial charge is 0.504 e. The summed E-state index contributed by atoms with van der Waals surface area (Å²) < 4.78 is 4.99. The van der Waals surface area contributed by atoms with Crippen molar-refractivity contribution in [2.24, 2.45) is 10.3 Å². The normalized spacial score (nSPS) is 12.4. The first-order valence-corrected chi connectivity index (χ1v) is 9.46. The summed E-state index contributed by atoms with van der Waals surface area (Å²) in [5, 5.41) is 8.53. The molecule has 0 unspecified atom stereocenters. The molecule has 0 spiro atoms. The zero-order valence-electron chi connectivity index (χ0n) is 17.0. The molecular formula is C23H26N2O4. The van der Waals surface area contributed by atoms with Crippen molar-refractivity contribution in [2.75, 3.05) is 13.7 Å². The Hall–Kier alpha value is -3.41. The molecule has 0 aliphatic heterocycles. The second kappa shape index (κ2) is 12.1. The van der Waals surface area contributed by atoms with Crippen LogP contribution in [0.15, 0.2) is 71.2 Å². The van der Waals surface area contributed by atoms with E-state index in [2.05, 4.69) is 10.3 Å². The highest BCUT2D eigenvalue weighted by Crippen LogP contribution is 2.19. The van der Waals surface area contributed by atoms with Crippen molar-refractivity contribution in [3.8, 4) is 0 Å². The van der Waals surface area contributed by atoms with E-state index in [4.69, 9.17) is 14.4 Å². The number of oxime groups is 2. The molecule has 0 saturated heterocycles. The highest BCUT2D eigenvalue weighted by atomic mass is 16.6. The maximum Gasteiger partial charge on any atom is 0.153 e. The zero-order valence-corrected chi connectivity index (χ0v) is 17.0. The highest BCUT2D eigenvalue weighted by Gasteiger charge is 2.13. The predicted octanol–water partition coefficient (Wildman–Crippen LogP) is 4.60. The van der Waals surface area contributed by atoms with Crippen LogP contribution in [0.1, 0.15) is 37.0 Å². The number of aldehydes is 1. The van der Waals surface area contributed by atoms with Crippen molar-refractivity contribution in [1.29, 1.82) is 0 Å². The fourth-order valence-electron chi connectivity index (χ4n) is 2.66.